The van der Waals surface area contributed by atoms with E-state index < -0.39 is 20.7 Å². The maximum atomic E-state index is 12.8. The Hall–Kier alpha value is -2.70. The van der Waals surface area contributed by atoms with Gasteiger partial charge in [0.2, 0.25) is 6.43 Å². The molecule has 1 heterocycles. The monoisotopic (exact) mass is 605 g/mol. The Morgan fingerprint density at radius 2 is 1.42 bits per heavy atom. The van der Waals surface area contributed by atoms with Crippen LogP contribution in [0, 0.1) is 5.92 Å². The Labute approximate surface area is 258 Å². The first kappa shape index (κ1) is 31.7. The minimum Gasteiger partial charge on any atom is -0.543 e. The zero-order chi connectivity index (χ0) is 30.7. The molecule has 6 heteroatoms. The van der Waals surface area contributed by atoms with Gasteiger partial charge < -0.3 is 9.16 Å². The van der Waals surface area contributed by atoms with Gasteiger partial charge in [0.25, 0.3) is 8.32 Å². The molecule has 0 bridgehead atoms. The van der Waals surface area contributed by atoms with E-state index in [1.54, 1.807) is 0 Å². The van der Waals surface area contributed by atoms with Crippen LogP contribution in [-0.4, -0.2) is 45.9 Å². The zero-order valence-electron chi connectivity index (χ0n) is 26.7. The third-order valence-corrected chi connectivity index (χ3v) is 16.1. The number of hydrogen-bond acceptors (Lipinski definition) is 3. The Morgan fingerprint density at radius 3 is 2.02 bits per heavy atom. The number of nitrogens with zero attached hydrogens (tertiary/aromatic N) is 1. The SMILES string of the molecule is CC(C)[Si](Oc1ccc2c(c1)CC[C@H](c1ccccc1)[C@@H]2c1ccc(OCCN2CC(C(F)F)C2)cc1)(C(C)C)C(C)C. The fourth-order valence-electron chi connectivity index (χ4n) is 7.90. The van der Waals surface area contributed by atoms with Gasteiger partial charge in [0, 0.05) is 31.5 Å². The molecule has 43 heavy (non-hydrogen) atoms. The zero-order valence-corrected chi connectivity index (χ0v) is 27.7. The van der Waals surface area contributed by atoms with E-state index in [1.165, 1.54) is 22.3 Å². The molecule has 0 N–H and O–H groups in total. The lowest BCUT2D eigenvalue weighted by Gasteiger charge is -2.42. The molecular formula is C37H49F2NO2Si. The van der Waals surface area contributed by atoms with Gasteiger partial charge in [-0.15, -0.1) is 0 Å². The summed E-state index contributed by atoms with van der Waals surface area (Å²) in [6.45, 7) is 16.1. The van der Waals surface area contributed by atoms with Crippen molar-refractivity contribution in [2.75, 3.05) is 26.2 Å². The lowest BCUT2D eigenvalue weighted by atomic mass is 9.69. The maximum absolute atomic E-state index is 12.8. The normalized spacial score (nSPS) is 19.6. The number of hydrogen-bond donors (Lipinski definition) is 0. The quantitative estimate of drug-likeness (QED) is 0.192. The van der Waals surface area contributed by atoms with E-state index in [0.717, 1.165) is 24.3 Å². The smallest absolute Gasteiger partial charge is 0.258 e. The van der Waals surface area contributed by atoms with E-state index in [4.69, 9.17) is 9.16 Å². The molecule has 0 aromatic heterocycles. The van der Waals surface area contributed by atoms with Crippen molar-refractivity contribution in [1.82, 2.24) is 4.90 Å². The fourth-order valence-corrected chi connectivity index (χ4v) is 13.1. The highest BCUT2D eigenvalue weighted by atomic mass is 28.4. The molecule has 0 saturated carbocycles. The van der Waals surface area contributed by atoms with E-state index in [9.17, 15) is 8.78 Å². The summed E-state index contributed by atoms with van der Waals surface area (Å²) in [5.74, 6) is 2.00. The highest BCUT2D eigenvalue weighted by molar-refractivity contribution is 6.78. The third-order valence-electron chi connectivity index (χ3n) is 10.1. The van der Waals surface area contributed by atoms with Crippen LogP contribution in [-0.2, 0) is 6.42 Å². The summed E-state index contributed by atoms with van der Waals surface area (Å²) in [4.78, 5) is 2.03. The predicted octanol–water partition coefficient (Wildman–Crippen LogP) is 9.68. The number of aryl methyl sites for hydroxylation is 1. The van der Waals surface area contributed by atoms with Crippen LogP contribution in [0.4, 0.5) is 8.78 Å². The van der Waals surface area contributed by atoms with Crippen molar-refractivity contribution < 1.29 is 17.9 Å². The second-order valence-electron chi connectivity index (χ2n) is 13.6. The lowest BCUT2D eigenvalue weighted by molar-refractivity contribution is -0.0280. The molecule has 2 aliphatic rings. The van der Waals surface area contributed by atoms with Crippen molar-refractivity contribution >= 4 is 8.32 Å². The van der Waals surface area contributed by atoms with Gasteiger partial charge in [0.15, 0.2) is 0 Å². The molecular weight excluding hydrogens is 556 g/mol. The fraction of sp³-hybridized carbons (Fsp3) is 0.514. The first-order valence-corrected chi connectivity index (χ1v) is 18.3. The highest BCUT2D eigenvalue weighted by Gasteiger charge is 2.47. The van der Waals surface area contributed by atoms with Crippen LogP contribution < -0.4 is 9.16 Å². The summed E-state index contributed by atoms with van der Waals surface area (Å²) < 4.78 is 38.6. The molecule has 1 saturated heterocycles. The largest absolute Gasteiger partial charge is 0.543 e. The standard InChI is InChI=1S/C37H49F2NO2Si/c1-25(2)43(26(3)4,27(5)6)42-33-17-19-35-30(22-33)14-18-34(28-10-8-7-9-11-28)36(35)29-12-15-32(16-13-29)41-21-20-40-23-31(24-40)37(38)39/h7-13,15-17,19,22,25-27,31,34,36-37H,14,18,20-21,23-24H2,1-6H3/t34-,36+/m1/s1. The van der Waals surface area contributed by atoms with Gasteiger partial charge in [-0.05, 0) is 81.9 Å². The van der Waals surface area contributed by atoms with Crippen LogP contribution in [0.2, 0.25) is 16.6 Å². The van der Waals surface area contributed by atoms with Crippen LogP contribution in [0.25, 0.3) is 0 Å². The van der Waals surface area contributed by atoms with Crippen LogP contribution in [0.15, 0.2) is 72.8 Å². The summed E-state index contributed by atoms with van der Waals surface area (Å²) in [5, 5.41) is 0. The van der Waals surface area contributed by atoms with Gasteiger partial charge in [-0.2, -0.15) is 0 Å². The molecule has 0 spiro atoms. The molecule has 3 aromatic carbocycles. The van der Waals surface area contributed by atoms with Crippen molar-refractivity contribution in [1.29, 1.82) is 0 Å². The Bertz CT molecular complexity index is 1300. The van der Waals surface area contributed by atoms with E-state index in [2.05, 4.69) is 114 Å². The number of fused-ring (bicyclic) bond motifs is 1. The third kappa shape index (κ3) is 6.70. The van der Waals surface area contributed by atoms with E-state index in [0.29, 0.717) is 48.8 Å². The summed E-state index contributed by atoms with van der Waals surface area (Å²) in [6.07, 6.45) is -0.101. The van der Waals surface area contributed by atoms with Gasteiger partial charge in [-0.3, -0.25) is 4.90 Å². The topological polar surface area (TPSA) is 21.7 Å². The van der Waals surface area contributed by atoms with Gasteiger partial charge in [0.05, 0.1) is 0 Å². The number of halogens is 2. The Balaban J connectivity index is 1.37. The predicted molar refractivity (Wildman–Crippen MR) is 175 cm³/mol. The van der Waals surface area contributed by atoms with Crippen LogP contribution in [0.1, 0.15) is 82.1 Å². The molecule has 0 unspecified atom stereocenters. The first-order valence-electron chi connectivity index (χ1n) is 16.2. The first-order chi connectivity index (χ1) is 20.6. The van der Waals surface area contributed by atoms with Crippen LogP contribution >= 0.6 is 0 Å². The molecule has 3 nitrogen and oxygen atoms in total. The molecule has 1 fully saturated rings. The van der Waals surface area contributed by atoms with E-state index in [1.807, 2.05) is 4.90 Å². The maximum Gasteiger partial charge on any atom is 0.258 e. The molecule has 0 amide bonds. The van der Waals surface area contributed by atoms with Crippen LogP contribution in [0.5, 0.6) is 11.5 Å². The second-order valence-corrected chi connectivity index (χ2v) is 19.0. The molecule has 1 aliphatic carbocycles. The van der Waals surface area contributed by atoms with Gasteiger partial charge in [-0.1, -0.05) is 90.1 Å². The minimum absolute atomic E-state index is 0.240. The van der Waals surface area contributed by atoms with Crippen molar-refractivity contribution in [2.45, 2.75) is 89.3 Å². The van der Waals surface area contributed by atoms with Gasteiger partial charge >= 0.3 is 0 Å². The summed E-state index contributed by atoms with van der Waals surface area (Å²) in [5.41, 5.74) is 7.03. The molecule has 5 rings (SSSR count). The Morgan fingerprint density at radius 1 is 0.791 bits per heavy atom. The molecule has 0 radical (unpaired) electrons. The average molecular weight is 606 g/mol. The van der Waals surface area contributed by atoms with Crippen molar-refractivity contribution in [3.05, 3.63) is 95.1 Å². The molecule has 1 aliphatic heterocycles. The van der Waals surface area contributed by atoms with Gasteiger partial charge in [-0.25, -0.2) is 8.78 Å². The number of likely N-dealkylation sites (tertiary alicyclic amines) is 1. The lowest BCUT2D eigenvalue weighted by Crippen LogP contribution is -2.51. The van der Waals surface area contributed by atoms with E-state index >= 15 is 0 Å². The molecule has 232 valence electrons. The number of rotatable bonds is 12. The summed E-state index contributed by atoms with van der Waals surface area (Å²) in [6, 6.07) is 26.3. The number of alkyl halides is 2. The van der Waals surface area contributed by atoms with Crippen LogP contribution in [0.3, 0.4) is 0 Å². The average Bonchev–Trinajstić information content (AvgIpc) is 2.96. The highest BCUT2D eigenvalue weighted by Crippen LogP contribution is 2.48. The summed E-state index contributed by atoms with van der Waals surface area (Å²) >= 11 is 0. The van der Waals surface area contributed by atoms with Crippen molar-refractivity contribution in [2.24, 2.45) is 5.92 Å². The number of benzene rings is 3. The molecule has 3 aromatic rings. The number of ether oxygens (including phenoxy) is 1. The summed E-state index contributed by atoms with van der Waals surface area (Å²) in [7, 11) is -2.04. The molecule has 2 atom stereocenters. The minimum atomic E-state index is -2.22. The van der Waals surface area contributed by atoms with Crippen molar-refractivity contribution in [3.63, 3.8) is 0 Å². The second kappa shape index (κ2) is 13.5. The van der Waals surface area contributed by atoms with E-state index in [-0.39, 0.29) is 5.92 Å². The van der Waals surface area contributed by atoms with Crippen molar-refractivity contribution in [3.8, 4) is 11.5 Å². The van der Waals surface area contributed by atoms with Gasteiger partial charge in [0.1, 0.15) is 18.1 Å². The Kier molecular flexibility index (Phi) is 9.97.